The van der Waals surface area contributed by atoms with Gasteiger partial charge in [-0.2, -0.15) is 12.3 Å². The molecule has 1 heteroatoms. The average Bonchev–Trinajstić information content (AvgIpc) is 1.86. The van der Waals surface area contributed by atoms with Crippen molar-refractivity contribution in [3.8, 4) is 0 Å². The molecule has 0 bridgehead atoms. The van der Waals surface area contributed by atoms with Crippen molar-refractivity contribution in [1.29, 1.82) is 0 Å². The van der Waals surface area contributed by atoms with Crippen molar-refractivity contribution < 1.29 is 0 Å². The van der Waals surface area contributed by atoms with Crippen LogP contribution in [-0.4, -0.2) is 37.7 Å². The van der Waals surface area contributed by atoms with Gasteiger partial charge in [0.05, 0.1) is 0 Å². The van der Waals surface area contributed by atoms with Crippen LogP contribution in [-0.2, 0) is 0 Å². The largest absolute Gasteiger partial charge is 2.00 e. The van der Waals surface area contributed by atoms with Crippen LogP contribution in [0.2, 0.25) is 0 Å². The maximum Gasteiger partial charge on any atom is 2.00 e. The Labute approximate surface area is 75.7 Å². The van der Waals surface area contributed by atoms with Gasteiger partial charge in [0.1, 0.15) is 0 Å². The summed E-state index contributed by atoms with van der Waals surface area (Å²) in [6.45, 7) is 3.91. The molecule has 0 saturated heterocycles. The predicted octanol–water partition coefficient (Wildman–Crippen LogP) is 1.44. The van der Waals surface area contributed by atoms with E-state index in [1.807, 2.05) is 0 Å². The molecular weight excluding hydrogens is 112 g/mol. The van der Waals surface area contributed by atoms with E-state index in [-0.39, 0.29) is 37.7 Å². The van der Waals surface area contributed by atoms with Crippen molar-refractivity contribution in [2.45, 2.75) is 19.3 Å². The van der Waals surface area contributed by atoms with Gasteiger partial charge >= 0.3 is 37.7 Å². The van der Waals surface area contributed by atoms with Crippen LogP contribution < -0.4 is 0 Å². The molecule has 0 radical (unpaired) electrons. The summed E-state index contributed by atoms with van der Waals surface area (Å²) in [4.78, 5) is 0. The molecule has 1 fully saturated rings. The second-order valence-corrected chi connectivity index (χ2v) is 1.97. The zero-order valence-corrected chi connectivity index (χ0v) is 6.90. The quantitative estimate of drug-likeness (QED) is 0.337. The van der Waals surface area contributed by atoms with Gasteiger partial charge in [-0.1, -0.05) is 0 Å². The molecule has 0 aromatic rings. The molecule has 1 atom stereocenters. The van der Waals surface area contributed by atoms with Gasteiger partial charge in [0.15, 0.2) is 0 Å². The second kappa shape index (κ2) is 4.17. The van der Waals surface area contributed by atoms with E-state index in [4.69, 9.17) is 0 Å². The summed E-state index contributed by atoms with van der Waals surface area (Å²) in [5, 5.41) is 0. The van der Waals surface area contributed by atoms with Crippen LogP contribution in [0, 0.1) is 19.3 Å². The summed E-state index contributed by atoms with van der Waals surface area (Å²) >= 11 is 0. The van der Waals surface area contributed by atoms with Crippen LogP contribution in [0.4, 0.5) is 0 Å². The van der Waals surface area contributed by atoms with Crippen molar-refractivity contribution in [2.24, 2.45) is 5.92 Å². The van der Waals surface area contributed by atoms with Crippen LogP contribution in [0.15, 0.2) is 0 Å². The van der Waals surface area contributed by atoms with Crippen LogP contribution in [0.3, 0.4) is 0 Å². The normalized spacial score (nSPS) is 29.6. The Morgan fingerprint density at radius 2 is 2.29 bits per heavy atom. The molecule has 0 nitrogen and oxygen atoms in total. The first-order chi connectivity index (χ1) is 2.89. The van der Waals surface area contributed by atoms with E-state index < -0.39 is 0 Å². The van der Waals surface area contributed by atoms with Crippen molar-refractivity contribution in [2.75, 3.05) is 0 Å². The molecular formula is C6H10Ca. The summed E-state index contributed by atoms with van der Waals surface area (Å²) in [6.07, 6.45) is 6.19. The van der Waals surface area contributed by atoms with Crippen LogP contribution in [0.1, 0.15) is 19.3 Å². The van der Waals surface area contributed by atoms with Gasteiger partial charge in [0, 0.05) is 0 Å². The minimum atomic E-state index is 0. The van der Waals surface area contributed by atoms with E-state index in [0.717, 1.165) is 5.92 Å². The molecule has 1 unspecified atom stereocenters. The molecule has 7 heavy (non-hydrogen) atoms. The van der Waals surface area contributed by atoms with Gasteiger partial charge in [0.25, 0.3) is 0 Å². The molecule has 0 N–H and O–H groups in total. The fourth-order valence-corrected chi connectivity index (χ4v) is 0.825. The van der Waals surface area contributed by atoms with Gasteiger partial charge in [-0.3, -0.25) is 0 Å². The third-order valence-electron chi connectivity index (χ3n) is 1.28. The van der Waals surface area contributed by atoms with Crippen LogP contribution >= 0.6 is 0 Å². The molecule has 1 aliphatic rings. The Balaban J connectivity index is 0.000000360. The average molecular weight is 122 g/mol. The molecule has 1 saturated carbocycles. The van der Waals surface area contributed by atoms with E-state index in [9.17, 15) is 0 Å². The Hall–Kier alpha value is 1.26. The van der Waals surface area contributed by atoms with E-state index in [1.54, 1.807) is 0 Å². The molecule has 1 aliphatic carbocycles. The van der Waals surface area contributed by atoms with Crippen LogP contribution in [0.5, 0.6) is 0 Å². The third-order valence-corrected chi connectivity index (χ3v) is 1.28. The zero-order chi connectivity index (χ0) is 4.41. The van der Waals surface area contributed by atoms with E-state index >= 15 is 0 Å². The summed E-state index contributed by atoms with van der Waals surface area (Å²) in [5.74, 6) is 0.741. The van der Waals surface area contributed by atoms with E-state index in [2.05, 4.69) is 13.3 Å². The first-order valence-corrected chi connectivity index (χ1v) is 2.54. The second-order valence-electron chi connectivity index (χ2n) is 1.97. The Morgan fingerprint density at radius 3 is 2.43 bits per heavy atom. The fraction of sp³-hybridized carbons (Fsp3) is 0.667. The van der Waals surface area contributed by atoms with Crippen molar-refractivity contribution in [3.05, 3.63) is 13.3 Å². The smallest absolute Gasteiger partial charge is 0.343 e. The topological polar surface area (TPSA) is 0 Å². The molecule has 1 rings (SSSR count). The minimum absolute atomic E-state index is 0. The number of hydrogen-bond donors (Lipinski definition) is 0. The summed E-state index contributed by atoms with van der Waals surface area (Å²) in [6, 6.07) is 0. The van der Waals surface area contributed by atoms with Crippen molar-refractivity contribution in [3.63, 3.8) is 0 Å². The molecule has 0 heterocycles. The molecule has 0 spiro atoms. The summed E-state index contributed by atoms with van der Waals surface area (Å²) in [5.41, 5.74) is 0. The maximum atomic E-state index is 3.91. The fourth-order valence-electron chi connectivity index (χ4n) is 0.825. The first kappa shape index (κ1) is 8.26. The summed E-state index contributed by atoms with van der Waals surface area (Å²) < 4.78 is 0. The van der Waals surface area contributed by atoms with Gasteiger partial charge in [-0.05, 0) is 0 Å². The van der Waals surface area contributed by atoms with Gasteiger partial charge in [0.2, 0.25) is 0 Å². The molecule has 36 valence electrons. The molecule has 0 amide bonds. The van der Waals surface area contributed by atoms with Gasteiger partial charge < -0.3 is 13.3 Å². The third kappa shape index (κ3) is 2.94. The molecule has 0 aromatic carbocycles. The Kier molecular flexibility index (Phi) is 4.92. The first-order valence-electron chi connectivity index (χ1n) is 2.54. The van der Waals surface area contributed by atoms with Gasteiger partial charge in [-0.15, -0.1) is 6.42 Å². The Bertz CT molecular complexity index is 37.4. The predicted molar refractivity (Wildman–Crippen MR) is 32.8 cm³/mol. The number of rotatable bonds is 0. The van der Waals surface area contributed by atoms with E-state index in [1.165, 1.54) is 19.3 Å². The standard InChI is InChI=1S/C6H10.Ca/c1-6-4-2-3-5-6;/h2,6H,1,3-5H2;/q-2;+2. The minimum Gasteiger partial charge on any atom is -0.343 e. The van der Waals surface area contributed by atoms with Crippen molar-refractivity contribution >= 4 is 37.7 Å². The van der Waals surface area contributed by atoms with Crippen LogP contribution in [0.25, 0.3) is 0 Å². The maximum absolute atomic E-state index is 3.91. The monoisotopic (exact) mass is 122 g/mol. The Morgan fingerprint density at radius 1 is 1.57 bits per heavy atom. The van der Waals surface area contributed by atoms with Gasteiger partial charge in [-0.25, -0.2) is 6.42 Å². The zero-order valence-electron chi connectivity index (χ0n) is 4.69. The number of hydrogen-bond acceptors (Lipinski definition) is 0. The van der Waals surface area contributed by atoms with Crippen molar-refractivity contribution in [1.82, 2.24) is 0 Å². The SMILES string of the molecule is [CH2-]C1C[CH-]CC1.[Ca+2]. The molecule has 0 aliphatic heterocycles. The van der Waals surface area contributed by atoms with E-state index in [0.29, 0.717) is 0 Å². The molecule has 0 aromatic heterocycles. The summed E-state index contributed by atoms with van der Waals surface area (Å²) in [7, 11) is 0.